The van der Waals surface area contributed by atoms with Gasteiger partial charge >= 0.3 is 11.9 Å². The monoisotopic (exact) mass is 793 g/mol. The summed E-state index contributed by atoms with van der Waals surface area (Å²) in [7, 11) is 3.73. The second kappa shape index (κ2) is 23.0. The quantitative estimate of drug-likeness (QED) is 0.0393. The molecule has 2 aromatic carbocycles. The van der Waals surface area contributed by atoms with Crippen LogP contribution in [0.1, 0.15) is 98.3 Å². The lowest BCUT2D eigenvalue weighted by molar-refractivity contribution is -0.142. The minimum absolute atomic E-state index is 0.0260. The van der Waals surface area contributed by atoms with E-state index in [-0.39, 0.29) is 57.5 Å². The van der Waals surface area contributed by atoms with E-state index in [9.17, 15) is 38.7 Å². The highest BCUT2D eigenvalue weighted by Gasteiger charge is 2.35. The zero-order valence-electron chi connectivity index (χ0n) is 33.3. The van der Waals surface area contributed by atoms with Crippen LogP contribution in [0.5, 0.6) is 0 Å². The minimum Gasteiger partial charge on any atom is -0.481 e. The lowest BCUT2D eigenvalue weighted by Gasteiger charge is -2.30. The van der Waals surface area contributed by atoms with Gasteiger partial charge in [0.05, 0.1) is 6.04 Å². The fraction of sp³-hybridized carbons (Fsp3) is 0.537. The normalized spacial score (nSPS) is 14.4. The number of hydrogen-bond acceptors (Lipinski definition) is 10. The molecule has 0 saturated carbocycles. The average molecular weight is 794 g/mol. The number of nitrogens with one attached hydrogen (secondary N) is 4. The van der Waals surface area contributed by atoms with Crippen LogP contribution < -0.4 is 31.9 Å². The van der Waals surface area contributed by atoms with Gasteiger partial charge in [-0.2, -0.15) is 0 Å². The van der Waals surface area contributed by atoms with Crippen LogP contribution in [-0.4, -0.2) is 115 Å². The first kappa shape index (κ1) is 46.0. The van der Waals surface area contributed by atoms with E-state index in [1.54, 1.807) is 24.3 Å². The third-order valence-corrected chi connectivity index (χ3v) is 10.0. The second-order valence-electron chi connectivity index (χ2n) is 14.6. The molecular formula is C41H59N7O9. The predicted molar refractivity (Wildman–Crippen MR) is 217 cm³/mol. The van der Waals surface area contributed by atoms with E-state index in [4.69, 9.17) is 10.8 Å². The van der Waals surface area contributed by atoms with Gasteiger partial charge in [0.15, 0.2) is 0 Å². The Morgan fingerprint density at radius 1 is 0.842 bits per heavy atom. The largest absolute Gasteiger partial charge is 0.481 e. The first-order valence-corrected chi connectivity index (χ1v) is 19.7. The summed E-state index contributed by atoms with van der Waals surface area (Å²) < 4.78 is 0. The maximum absolute atomic E-state index is 13.8. The zero-order valence-corrected chi connectivity index (χ0v) is 33.3. The molecule has 312 valence electrons. The fourth-order valence-corrected chi connectivity index (χ4v) is 6.73. The number of benzene rings is 2. The number of anilines is 1. The number of unbranched alkanes of at least 4 members (excludes halogenated alkanes) is 3. The minimum atomic E-state index is -1.38. The van der Waals surface area contributed by atoms with Crippen molar-refractivity contribution in [2.45, 2.75) is 95.7 Å². The molecule has 16 heteroatoms. The predicted octanol–water partition coefficient (Wildman–Crippen LogP) is 2.79. The Hall–Kier alpha value is -5.35. The van der Waals surface area contributed by atoms with Crippen LogP contribution in [0, 0.1) is 5.92 Å². The molecule has 5 amide bonds. The molecule has 1 heterocycles. The summed E-state index contributed by atoms with van der Waals surface area (Å²) >= 11 is 0. The highest BCUT2D eigenvalue weighted by atomic mass is 16.4. The van der Waals surface area contributed by atoms with Gasteiger partial charge in [0.1, 0.15) is 12.1 Å². The Labute approximate surface area is 334 Å². The number of imide groups is 1. The molecule has 0 aliphatic carbocycles. The van der Waals surface area contributed by atoms with Crippen molar-refractivity contribution >= 4 is 57.9 Å². The summed E-state index contributed by atoms with van der Waals surface area (Å²) in [5.74, 6) is -5.25. The third-order valence-electron chi connectivity index (χ3n) is 10.0. The Kier molecular flexibility index (Phi) is 18.6. The summed E-state index contributed by atoms with van der Waals surface area (Å²) in [6.07, 6.45) is 6.97. The summed E-state index contributed by atoms with van der Waals surface area (Å²) in [6.45, 7) is 6.75. The molecule has 0 saturated heterocycles. The van der Waals surface area contributed by atoms with E-state index in [0.29, 0.717) is 29.6 Å². The average Bonchev–Trinajstić information content (AvgIpc) is 3.17. The molecule has 16 nitrogen and oxygen atoms in total. The first-order valence-electron chi connectivity index (χ1n) is 19.7. The maximum atomic E-state index is 13.8. The number of carboxylic acids is 2. The fourth-order valence-electron chi connectivity index (χ4n) is 6.73. The van der Waals surface area contributed by atoms with Crippen molar-refractivity contribution in [3.63, 3.8) is 0 Å². The molecule has 4 atom stereocenters. The molecule has 2 aromatic rings. The van der Waals surface area contributed by atoms with E-state index >= 15 is 0 Å². The van der Waals surface area contributed by atoms with Crippen LogP contribution in [0.2, 0.25) is 0 Å². The highest BCUT2D eigenvalue weighted by molar-refractivity contribution is 6.26. The van der Waals surface area contributed by atoms with Crippen molar-refractivity contribution in [3.8, 4) is 0 Å². The van der Waals surface area contributed by atoms with Crippen LogP contribution in [0.4, 0.5) is 5.69 Å². The Morgan fingerprint density at radius 2 is 1.56 bits per heavy atom. The molecule has 8 N–H and O–H groups in total. The standard InChI is InChI=1S/C41H59N7O9/c1-5-7-8-9-12-26(6-2)25-43-22-19-30(42)37(52)46-31(38(53)44-23-20-32(41(56)57)45-34(49)15-11-16-35(50)51)21-24-48-39(54)28-14-10-13-27-33(47(3)4)18-17-29(36(27)28)40(48)55/h6,10,13-14,17-18,26,30-32,43H,2,5,7-9,11-12,15-16,19-25,42H2,1,3-4H3,(H,44,53)(H,45,49)(H,46,52)(H,50,51)(H,56,57). The van der Waals surface area contributed by atoms with Crippen LogP contribution in [-0.2, 0) is 24.0 Å². The number of nitrogens with two attached hydrogens (primary N) is 1. The molecule has 1 aliphatic rings. The Balaban J connectivity index is 1.70. The lowest BCUT2D eigenvalue weighted by atomic mass is 9.92. The lowest BCUT2D eigenvalue weighted by Crippen LogP contribution is -2.54. The van der Waals surface area contributed by atoms with E-state index in [0.717, 1.165) is 41.7 Å². The van der Waals surface area contributed by atoms with Crippen molar-refractivity contribution in [2.75, 3.05) is 45.2 Å². The Bertz CT molecular complexity index is 1740. The number of carbonyl (C=O) groups is 7. The van der Waals surface area contributed by atoms with E-state index in [1.165, 1.54) is 6.42 Å². The van der Waals surface area contributed by atoms with E-state index < -0.39 is 59.6 Å². The first-order chi connectivity index (χ1) is 27.2. The smallest absolute Gasteiger partial charge is 0.326 e. The number of nitrogens with zero attached hydrogens (tertiary/aromatic N) is 2. The van der Waals surface area contributed by atoms with Crippen LogP contribution in [0.15, 0.2) is 43.0 Å². The molecule has 0 fully saturated rings. The molecule has 57 heavy (non-hydrogen) atoms. The van der Waals surface area contributed by atoms with Gasteiger partial charge in [-0.25, -0.2) is 4.79 Å². The van der Waals surface area contributed by atoms with E-state index in [2.05, 4.69) is 34.8 Å². The molecule has 0 bridgehead atoms. The number of aliphatic carboxylic acids is 2. The third kappa shape index (κ3) is 13.7. The van der Waals surface area contributed by atoms with Crippen LogP contribution in [0.25, 0.3) is 10.8 Å². The number of rotatable bonds is 27. The summed E-state index contributed by atoms with van der Waals surface area (Å²) in [5, 5.41) is 30.6. The van der Waals surface area contributed by atoms with Crippen molar-refractivity contribution < 1.29 is 43.8 Å². The van der Waals surface area contributed by atoms with Gasteiger partial charge in [-0.1, -0.05) is 50.8 Å². The number of carboxylic acid groups (broad SMARTS) is 2. The maximum Gasteiger partial charge on any atom is 0.326 e. The van der Waals surface area contributed by atoms with Crippen LogP contribution in [0.3, 0.4) is 0 Å². The SMILES string of the molecule is C=CC(CCCCCC)CNCCC(N)C(=O)NC(CCN1C(=O)c2cccc3c(N(C)C)ccc(c23)C1=O)C(=O)NCCC(NC(=O)CCCC(=O)O)C(=O)O. The van der Waals surface area contributed by atoms with Gasteiger partial charge < -0.3 is 42.1 Å². The molecule has 3 rings (SSSR count). The van der Waals surface area contributed by atoms with Crippen LogP contribution >= 0.6 is 0 Å². The van der Waals surface area contributed by atoms with Crippen molar-refractivity contribution in [3.05, 3.63) is 54.1 Å². The number of carbonyl (C=O) groups excluding carboxylic acids is 5. The van der Waals surface area contributed by atoms with E-state index in [1.807, 2.05) is 31.1 Å². The Morgan fingerprint density at radius 3 is 2.21 bits per heavy atom. The summed E-state index contributed by atoms with van der Waals surface area (Å²) in [6, 6.07) is 5.03. The molecular weight excluding hydrogens is 734 g/mol. The van der Waals surface area contributed by atoms with Gasteiger partial charge in [0.25, 0.3) is 11.8 Å². The summed E-state index contributed by atoms with van der Waals surface area (Å²) in [4.78, 5) is 92.2. The van der Waals surface area contributed by atoms with Gasteiger partial charge in [0.2, 0.25) is 17.7 Å². The molecule has 4 unspecified atom stereocenters. The number of hydrogen-bond donors (Lipinski definition) is 7. The van der Waals surface area contributed by atoms with Crippen molar-refractivity contribution in [1.82, 2.24) is 26.2 Å². The number of amides is 5. The van der Waals surface area contributed by atoms with Gasteiger partial charge in [-0.05, 0) is 62.8 Å². The molecule has 1 aliphatic heterocycles. The zero-order chi connectivity index (χ0) is 42.1. The van der Waals surface area contributed by atoms with Crippen molar-refractivity contribution in [2.24, 2.45) is 11.7 Å². The highest BCUT2D eigenvalue weighted by Crippen LogP contribution is 2.35. The molecule has 0 radical (unpaired) electrons. The topological polar surface area (TPSA) is 241 Å². The second-order valence-corrected chi connectivity index (χ2v) is 14.6. The summed E-state index contributed by atoms with van der Waals surface area (Å²) in [5.41, 5.74) is 7.74. The van der Waals surface area contributed by atoms with Gasteiger partial charge in [-0.3, -0.25) is 33.7 Å². The van der Waals surface area contributed by atoms with Crippen molar-refractivity contribution in [1.29, 1.82) is 0 Å². The van der Waals surface area contributed by atoms with Gasteiger partial charge in [-0.15, -0.1) is 6.58 Å². The molecule has 0 aromatic heterocycles. The molecule has 0 spiro atoms. The van der Waals surface area contributed by atoms with Gasteiger partial charge in [0, 0.05) is 74.2 Å².